The van der Waals surface area contributed by atoms with Crippen LogP contribution in [0.4, 0.5) is 17.1 Å². The highest BCUT2D eigenvalue weighted by Crippen LogP contribution is 2.22. The van der Waals surface area contributed by atoms with Crippen LogP contribution in [0.5, 0.6) is 0 Å². The van der Waals surface area contributed by atoms with Gasteiger partial charge in [-0.3, -0.25) is 13.4 Å². The number of nitrogens with one attached hydrogen (secondary N) is 1. The Morgan fingerprint density at radius 3 is 1.81 bits per heavy atom. The minimum absolute atomic E-state index is 0.268. The van der Waals surface area contributed by atoms with E-state index in [1.807, 2.05) is 0 Å². The van der Waals surface area contributed by atoms with Crippen molar-refractivity contribution in [2.24, 2.45) is 0 Å². The molecule has 2 aromatic rings. The summed E-state index contributed by atoms with van der Waals surface area (Å²) in [5.41, 5.74) is 1.44. The van der Waals surface area contributed by atoms with Crippen molar-refractivity contribution in [2.75, 3.05) is 40.5 Å². The number of carbonyl (C=O) groups is 1. The number of sulfonamides is 2. The average Bonchev–Trinajstić information content (AvgIpc) is 2.59. The van der Waals surface area contributed by atoms with E-state index in [0.29, 0.717) is 17.1 Å². The molecule has 8 nitrogen and oxygen atoms in total. The maximum Gasteiger partial charge on any atom is 0.255 e. The number of carbonyl (C=O) groups excluding carboxylic acids is 1. The molecule has 2 aromatic carbocycles. The smallest absolute Gasteiger partial charge is 0.255 e. The van der Waals surface area contributed by atoms with Crippen LogP contribution in [0.2, 0.25) is 0 Å². The van der Waals surface area contributed by atoms with Gasteiger partial charge in [-0.1, -0.05) is 12.1 Å². The predicted molar refractivity (Wildman–Crippen MR) is 107 cm³/mol. The van der Waals surface area contributed by atoms with Gasteiger partial charge in [0.05, 0.1) is 23.9 Å². The first-order valence-electron chi connectivity index (χ1n) is 7.79. The topological polar surface area (TPSA) is 104 Å². The van der Waals surface area contributed by atoms with Gasteiger partial charge < -0.3 is 5.32 Å². The third-order valence-corrected chi connectivity index (χ3v) is 6.35. The lowest BCUT2D eigenvalue weighted by Gasteiger charge is -2.18. The molecule has 0 aliphatic carbocycles. The first-order chi connectivity index (χ1) is 12.4. The number of anilines is 3. The fourth-order valence-corrected chi connectivity index (χ4v) is 3.20. The second kappa shape index (κ2) is 7.57. The van der Waals surface area contributed by atoms with Gasteiger partial charge in [-0.05, 0) is 36.4 Å². The van der Waals surface area contributed by atoms with Crippen molar-refractivity contribution >= 4 is 43.0 Å². The normalized spacial score (nSPS) is 11.7. The Morgan fingerprint density at radius 1 is 0.815 bits per heavy atom. The second-order valence-electron chi connectivity index (χ2n) is 6.02. The Morgan fingerprint density at radius 2 is 1.30 bits per heavy atom. The molecule has 0 aliphatic heterocycles. The van der Waals surface area contributed by atoms with Crippen molar-refractivity contribution in [3.05, 3.63) is 54.1 Å². The summed E-state index contributed by atoms with van der Waals surface area (Å²) >= 11 is 0. The molecule has 0 saturated heterocycles. The molecule has 2 rings (SSSR count). The molecular formula is C17H21N3O5S2. The highest BCUT2D eigenvalue weighted by molar-refractivity contribution is 7.92. The average molecular weight is 412 g/mol. The molecule has 10 heteroatoms. The van der Waals surface area contributed by atoms with E-state index in [1.165, 1.54) is 26.2 Å². The molecular weight excluding hydrogens is 390 g/mol. The molecule has 0 aromatic heterocycles. The fourth-order valence-electron chi connectivity index (χ4n) is 2.21. The van der Waals surface area contributed by atoms with Crippen molar-refractivity contribution in [3.8, 4) is 0 Å². The maximum absolute atomic E-state index is 12.5. The van der Waals surface area contributed by atoms with Crippen molar-refractivity contribution in [2.45, 2.75) is 0 Å². The van der Waals surface area contributed by atoms with Crippen molar-refractivity contribution in [1.29, 1.82) is 0 Å². The molecule has 0 bridgehead atoms. The van der Waals surface area contributed by atoms with Crippen LogP contribution in [0, 0.1) is 0 Å². The van der Waals surface area contributed by atoms with E-state index in [-0.39, 0.29) is 5.56 Å². The zero-order chi connectivity index (χ0) is 20.4. The molecule has 0 spiro atoms. The first kappa shape index (κ1) is 20.7. The van der Waals surface area contributed by atoms with E-state index >= 15 is 0 Å². The van der Waals surface area contributed by atoms with Gasteiger partial charge in [0.1, 0.15) is 0 Å². The third kappa shape index (κ3) is 5.20. The molecule has 0 heterocycles. The van der Waals surface area contributed by atoms with Gasteiger partial charge in [0.25, 0.3) is 5.91 Å². The minimum atomic E-state index is -3.45. The summed E-state index contributed by atoms with van der Waals surface area (Å²) in [7, 11) is -4.05. The van der Waals surface area contributed by atoms with Gasteiger partial charge in [-0.15, -0.1) is 0 Å². The molecule has 0 atom stereocenters. The Labute approximate surface area is 159 Å². The first-order valence-corrected chi connectivity index (χ1v) is 11.5. The molecule has 0 unspecified atom stereocenters. The highest BCUT2D eigenvalue weighted by atomic mass is 32.2. The SMILES string of the molecule is CN(c1cccc(NC(=O)c2cccc(N(C)S(C)(=O)=O)c2)c1)S(C)(=O)=O. The van der Waals surface area contributed by atoms with Gasteiger partial charge in [0.15, 0.2) is 0 Å². The molecule has 0 aliphatic rings. The van der Waals surface area contributed by atoms with E-state index in [2.05, 4.69) is 5.32 Å². The van der Waals surface area contributed by atoms with Crippen LogP contribution in [0.25, 0.3) is 0 Å². The molecule has 146 valence electrons. The number of benzene rings is 2. The van der Waals surface area contributed by atoms with Crippen LogP contribution in [-0.4, -0.2) is 49.3 Å². The van der Waals surface area contributed by atoms with Crippen molar-refractivity contribution < 1.29 is 21.6 Å². The minimum Gasteiger partial charge on any atom is -0.322 e. The summed E-state index contributed by atoms with van der Waals surface area (Å²) in [4.78, 5) is 12.5. The van der Waals surface area contributed by atoms with Crippen molar-refractivity contribution in [1.82, 2.24) is 0 Å². The fraction of sp³-hybridized carbons (Fsp3) is 0.235. The van der Waals surface area contributed by atoms with E-state index in [0.717, 1.165) is 21.1 Å². The molecule has 1 amide bonds. The number of hydrogen-bond acceptors (Lipinski definition) is 5. The number of hydrogen-bond donors (Lipinski definition) is 1. The second-order valence-corrected chi connectivity index (χ2v) is 10.0. The maximum atomic E-state index is 12.5. The number of rotatable bonds is 6. The Bertz CT molecular complexity index is 1070. The standard InChI is InChI=1S/C17H21N3O5S2/c1-19(26(3,22)23)15-9-5-7-13(11-15)17(21)18-14-8-6-10-16(12-14)20(2)27(4,24)25/h5-12H,1-4H3,(H,18,21). The number of amides is 1. The number of nitrogens with zero attached hydrogens (tertiary/aromatic N) is 2. The summed E-state index contributed by atoms with van der Waals surface area (Å²) in [5, 5.41) is 2.68. The third-order valence-electron chi connectivity index (χ3n) is 3.93. The Hall–Kier alpha value is -2.59. The summed E-state index contributed by atoms with van der Waals surface area (Å²) in [6.07, 6.45) is 2.16. The van der Waals surface area contributed by atoms with E-state index in [9.17, 15) is 21.6 Å². The van der Waals surface area contributed by atoms with Gasteiger partial charge in [0.2, 0.25) is 20.0 Å². The largest absolute Gasteiger partial charge is 0.322 e. The van der Waals surface area contributed by atoms with Crippen LogP contribution >= 0.6 is 0 Å². The summed E-state index contributed by atoms with van der Waals surface area (Å²) in [6.45, 7) is 0. The predicted octanol–water partition coefficient (Wildman–Crippen LogP) is 1.73. The van der Waals surface area contributed by atoms with Crippen LogP contribution in [0.3, 0.4) is 0 Å². The van der Waals surface area contributed by atoms with Gasteiger partial charge in [-0.2, -0.15) is 0 Å². The summed E-state index contributed by atoms with van der Waals surface area (Å²) in [5.74, 6) is -0.446. The Balaban J connectivity index is 2.26. The summed E-state index contributed by atoms with van der Waals surface area (Å²) in [6, 6.07) is 12.6. The van der Waals surface area contributed by atoms with E-state index in [1.54, 1.807) is 36.4 Å². The molecule has 0 fully saturated rings. The van der Waals surface area contributed by atoms with Gasteiger partial charge >= 0.3 is 0 Å². The lowest BCUT2D eigenvalue weighted by Crippen LogP contribution is -2.25. The zero-order valence-electron chi connectivity index (χ0n) is 15.4. The molecule has 0 saturated carbocycles. The lowest BCUT2D eigenvalue weighted by atomic mass is 10.2. The van der Waals surface area contributed by atoms with Crippen LogP contribution in [0.15, 0.2) is 48.5 Å². The molecule has 1 N–H and O–H groups in total. The van der Waals surface area contributed by atoms with Crippen LogP contribution < -0.4 is 13.9 Å². The van der Waals surface area contributed by atoms with Crippen molar-refractivity contribution in [3.63, 3.8) is 0 Å². The van der Waals surface area contributed by atoms with E-state index < -0.39 is 26.0 Å². The summed E-state index contributed by atoms with van der Waals surface area (Å²) < 4.78 is 48.8. The van der Waals surface area contributed by atoms with Crippen LogP contribution in [0.1, 0.15) is 10.4 Å². The monoisotopic (exact) mass is 411 g/mol. The highest BCUT2D eigenvalue weighted by Gasteiger charge is 2.15. The van der Waals surface area contributed by atoms with Gasteiger partial charge in [-0.25, -0.2) is 16.8 Å². The Kier molecular flexibility index (Phi) is 5.81. The quantitative estimate of drug-likeness (QED) is 0.780. The van der Waals surface area contributed by atoms with E-state index in [4.69, 9.17) is 0 Å². The van der Waals surface area contributed by atoms with Gasteiger partial charge in [0, 0.05) is 25.3 Å². The molecule has 0 radical (unpaired) electrons. The lowest BCUT2D eigenvalue weighted by molar-refractivity contribution is 0.102. The zero-order valence-corrected chi connectivity index (χ0v) is 17.0. The van der Waals surface area contributed by atoms with Crippen LogP contribution in [-0.2, 0) is 20.0 Å². The molecule has 27 heavy (non-hydrogen) atoms.